The van der Waals surface area contributed by atoms with Crippen LogP contribution in [-0.4, -0.2) is 15.9 Å². The number of aryl methyl sites for hydroxylation is 1. The molecular formula is C15H23N3O2. The van der Waals surface area contributed by atoms with Crippen LogP contribution in [0.2, 0.25) is 0 Å². The van der Waals surface area contributed by atoms with E-state index < -0.39 is 0 Å². The summed E-state index contributed by atoms with van der Waals surface area (Å²) in [5, 5.41) is 14.6. The third-order valence-corrected chi connectivity index (χ3v) is 4.53. The van der Waals surface area contributed by atoms with Gasteiger partial charge in [0.1, 0.15) is 0 Å². The lowest BCUT2D eigenvalue weighted by molar-refractivity contribution is -0.386. The lowest BCUT2D eigenvalue weighted by Gasteiger charge is -2.28. The van der Waals surface area contributed by atoms with Gasteiger partial charge in [0.15, 0.2) is 0 Å². The number of hydrogen-bond acceptors (Lipinski definition) is 4. The van der Waals surface area contributed by atoms with Crippen LogP contribution in [0, 0.1) is 29.4 Å². The van der Waals surface area contributed by atoms with Crippen molar-refractivity contribution in [2.24, 2.45) is 5.41 Å². The Morgan fingerprint density at radius 3 is 2.75 bits per heavy atom. The highest BCUT2D eigenvalue weighted by molar-refractivity contribution is 5.47. The van der Waals surface area contributed by atoms with Crippen molar-refractivity contribution in [3.8, 4) is 0 Å². The molecule has 0 bridgehead atoms. The lowest BCUT2D eigenvalue weighted by Crippen LogP contribution is -2.37. The van der Waals surface area contributed by atoms with Crippen LogP contribution in [0.3, 0.4) is 0 Å². The number of pyridine rings is 1. The van der Waals surface area contributed by atoms with E-state index in [1.165, 1.54) is 19.3 Å². The van der Waals surface area contributed by atoms with Crippen molar-refractivity contribution in [2.45, 2.75) is 59.5 Å². The highest BCUT2D eigenvalue weighted by Gasteiger charge is 2.34. The van der Waals surface area contributed by atoms with Crippen LogP contribution in [-0.2, 0) is 6.54 Å². The van der Waals surface area contributed by atoms with E-state index in [2.05, 4.69) is 24.1 Å². The molecule has 0 aromatic carbocycles. The van der Waals surface area contributed by atoms with Gasteiger partial charge in [0.2, 0.25) is 0 Å². The third kappa shape index (κ3) is 2.82. The molecule has 20 heavy (non-hydrogen) atoms. The maximum atomic E-state index is 11.1. The molecule has 1 fully saturated rings. The van der Waals surface area contributed by atoms with Crippen molar-refractivity contribution in [1.82, 2.24) is 10.3 Å². The fourth-order valence-corrected chi connectivity index (χ4v) is 3.15. The highest BCUT2D eigenvalue weighted by atomic mass is 16.6. The van der Waals surface area contributed by atoms with E-state index in [1.54, 1.807) is 20.0 Å². The molecule has 0 spiro atoms. The van der Waals surface area contributed by atoms with Gasteiger partial charge in [-0.3, -0.25) is 15.1 Å². The summed E-state index contributed by atoms with van der Waals surface area (Å²) in [6.45, 7) is 8.66. The van der Waals surface area contributed by atoms with Gasteiger partial charge in [-0.25, -0.2) is 0 Å². The quantitative estimate of drug-likeness (QED) is 0.677. The van der Waals surface area contributed by atoms with Crippen LogP contribution in [0.1, 0.15) is 49.9 Å². The molecule has 110 valence electrons. The second-order valence-electron chi connectivity index (χ2n) is 6.43. The number of nitrogens with one attached hydrogen (secondary N) is 1. The number of nitro groups is 1. The third-order valence-electron chi connectivity index (χ3n) is 4.53. The first-order chi connectivity index (χ1) is 9.33. The van der Waals surface area contributed by atoms with Crippen LogP contribution in [0.25, 0.3) is 0 Å². The first-order valence-electron chi connectivity index (χ1n) is 7.16. The molecule has 0 aliphatic heterocycles. The summed E-state index contributed by atoms with van der Waals surface area (Å²) in [5.41, 5.74) is 2.58. The monoisotopic (exact) mass is 277 g/mol. The van der Waals surface area contributed by atoms with Crippen LogP contribution in [0.4, 0.5) is 5.69 Å². The van der Waals surface area contributed by atoms with Gasteiger partial charge in [-0.1, -0.05) is 20.3 Å². The van der Waals surface area contributed by atoms with Crippen molar-refractivity contribution < 1.29 is 4.92 Å². The van der Waals surface area contributed by atoms with Gasteiger partial charge < -0.3 is 5.32 Å². The predicted molar refractivity (Wildman–Crippen MR) is 78.6 cm³/mol. The van der Waals surface area contributed by atoms with Crippen LogP contribution in [0.15, 0.2) is 6.20 Å². The molecule has 0 radical (unpaired) electrons. The van der Waals surface area contributed by atoms with Gasteiger partial charge >= 0.3 is 0 Å². The first kappa shape index (κ1) is 14.9. The Balaban J connectivity index is 2.15. The molecule has 1 aliphatic carbocycles. The summed E-state index contributed by atoms with van der Waals surface area (Å²) in [6.07, 6.45) is 5.23. The average Bonchev–Trinajstić information content (AvgIpc) is 2.67. The van der Waals surface area contributed by atoms with Crippen molar-refractivity contribution >= 4 is 5.69 Å². The van der Waals surface area contributed by atoms with Gasteiger partial charge in [-0.05, 0) is 32.1 Å². The summed E-state index contributed by atoms with van der Waals surface area (Å²) in [7, 11) is 0. The van der Waals surface area contributed by atoms with Crippen molar-refractivity contribution in [2.75, 3.05) is 0 Å². The zero-order chi connectivity index (χ0) is 14.9. The van der Waals surface area contributed by atoms with Crippen LogP contribution in [0.5, 0.6) is 0 Å². The molecule has 1 atom stereocenters. The smallest absolute Gasteiger partial charge is 0.278 e. The lowest BCUT2D eigenvalue weighted by atomic mass is 9.87. The molecule has 1 N–H and O–H groups in total. The Morgan fingerprint density at radius 1 is 1.50 bits per heavy atom. The standard InChI is InChI=1S/C15H23N3O2/c1-10-8-16-12(11(2)14(10)18(19)20)9-17-13-6-5-7-15(13,3)4/h8,13,17H,5-7,9H2,1-4H3. The molecule has 1 saturated carbocycles. The fraction of sp³-hybridized carbons (Fsp3) is 0.667. The molecule has 1 aliphatic rings. The molecule has 2 rings (SSSR count). The minimum Gasteiger partial charge on any atom is -0.308 e. The number of nitrogens with zero attached hydrogens (tertiary/aromatic N) is 2. The molecule has 1 heterocycles. The van der Waals surface area contributed by atoms with Crippen molar-refractivity contribution in [1.29, 1.82) is 0 Å². The minimum absolute atomic E-state index is 0.197. The van der Waals surface area contributed by atoms with E-state index >= 15 is 0 Å². The Morgan fingerprint density at radius 2 is 2.20 bits per heavy atom. The Labute approximate surface area is 119 Å². The Hall–Kier alpha value is -1.49. The largest absolute Gasteiger partial charge is 0.308 e. The molecule has 1 aromatic heterocycles. The zero-order valence-corrected chi connectivity index (χ0v) is 12.7. The first-order valence-corrected chi connectivity index (χ1v) is 7.16. The van der Waals surface area contributed by atoms with Gasteiger partial charge in [-0.2, -0.15) is 0 Å². The molecule has 0 amide bonds. The molecule has 1 aromatic rings. The molecule has 1 unspecified atom stereocenters. The number of rotatable bonds is 4. The summed E-state index contributed by atoms with van der Waals surface area (Å²) in [6, 6.07) is 0.462. The molecular weight excluding hydrogens is 254 g/mol. The topological polar surface area (TPSA) is 68.1 Å². The number of hydrogen-bond donors (Lipinski definition) is 1. The van der Waals surface area contributed by atoms with Gasteiger partial charge in [0, 0.05) is 29.9 Å². The minimum atomic E-state index is -0.310. The van der Waals surface area contributed by atoms with E-state index in [0.29, 0.717) is 29.1 Å². The second kappa shape index (κ2) is 5.48. The highest BCUT2D eigenvalue weighted by Crippen LogP contribution is 2.37. The van der Waals surface area contributed by atoms with E-state index in [1.807, 2.05) is 0 Å². The van der Waals surface area contributed by atoms with E-state index in [0.717, 1.165) is 5.69 Å². The van der Waals surface area contributed by atoms with E-state index in [-0.39, 0.29) is 10.6 Å². The maximum Gasteiger partial charge on any atom is 0.278 e. The summed E-state index contributed by atoms with van der Waals surface area (Å²) < 4.78 is 0. The second-order valence-corrected chi connectivity index (χ2v) is 6.43. The van der Waals surface area contributed by atoms with Gasteiger partial charge in [0.05, 0.1) is 10.6 Å². The van der Waals surface area contributed by atoms with E-state index in [9.17, 15) is 10.1 Å². The average molecular weight is 277 g/mol. The summed E-state index contributed by atoms with van der Waals surface area (Å²) in [5.74, 6) is 0. The molecule has 5 heteroatoms. The normalized spacial score (nSPS) is 21.1. The number of aromatic nitrogens is 1. The van der Waals surface area contributed by atoms with Gasteiger partial charge in [0.25, 0.3) is 5.69 Å². The zero-order valence-electron chi connectivity index (χ0n) is 12.7. The summed E-state index contributed by atoms with van der Waals surface area (Å²) >= 11 is 0. The Kier molecular flexibility index (Phi) is 4.09. The summed E-state index contributed by atoms with van der Waals surface area (Å²) in [4.78, 5) is 15.2. The Bertz CT molecular complexity index is 526. The predicted octanol–water partition coefficient (Wildman–Crippen LogP) is 3.27. The van der Waals surface area contributed by atoms with E-state index in [4.69, 9.17) is 0 Å². The van der Waals surface area contributed by atoms with Gasteiger partial charge in [-0.15, -0.1) is 0 Å². The SMILES string of the molecule is Cc1cnc(CNC2CCCC2(C)C)c(C)c1[N+](=O)[O-]. The van der Waals surface area contributed by atoms with Crippen molar-refractivity contribution in [3.05, 3.63) is 33.1 Å². The maximum absolute atomic E-state index is 11.1. The van der Waals surface area contributed by atoms with Crippen molar-refractivity contribution in [3.63, 3.8) is 0 Å². The van der Waals surface area contributed by atoms with Crippen LogP contribution < -0.4 is 5.32 Å². The molecule has 0 saturated heterocycles. The molecule has 5 nitrogen and oxygen atoms in total. The fourth-order valence-electron chi connectivity index (χ4n) is 3.15. The van der Waals surface area contributed by atoms with Crippen LogP contribution >= 0.6 is 0 Å².